The molecule has 118 valence electrons. The van der Waals surface area contributed by atoms with Crippen LogP contribution >= 0.6 is 0 Å². The number of ether oxygens (including phenoxy) is 1. The van der Waals surface area contributed by atoms with Crippen LogP contribution < -0.4 is 10.5 Å². The summed E-state index contributed by atoms with van der Waals surface area (Å²) < 4.78 is 5.36. The van der Waals surface area contributed by atoms with Crippen LogP contribution in [0.2, 0.25) is 0 Å². The van der Waals surface area contributed by atoms with Gasteiger partial charge in [0.25, 0.3) is 0 Å². The Balaban J connectivity index is 2.57. The Morgan fingerprint density at radius 1 is 1.29 bits per heavy atom. The van der Waals surface area contributed by atoms with Crippen molar-refractivity contribution in [2.45, 2.75) is 19.8 Å². The maximum Gasteiger partial charge on any atom is 0.223 e. The van der Waals surface area contributed by atoms with Gasteiger partial charge in [-0.2, -0.15) is 0 Å². The van der Waals surface area contributed by atoms with Crippen LogP contribution in [0.5, 0.6) is 5.75 Å². The predicted octanol–water partition coefficient (Wildman–Crippen LogP) is 0.413. The fourth-order valence-electron chi connectivity index (χ4n) is 2.05. The van der Waals surface area contributed by atoms with E-state index < -0.39 is 0 Å². The van der Waals surface area contributed by atoms with E-state index in [-0.39, 0.29) is 32.2 Å². The Bertz CT molecular complexity index is 445. The molecule has 0 saturated carbocycles. The first kappa shape index (κ1) is 17.3. The molecule has 0 aliphatic heterocycles. The van der Waals surface area contributed by atoms with Crippen LogP contribution in [0.15, 0.2) is 18.2 Å². The average Bonchev–Trinajstić information content (AvgIpc) is 2.47. The second-order valence-corrected chi connectivity index (χ2v) is 4.63. The smallest absolute Gasteiger partial charge is 0.223 e. The number of carbonyl (C=O) groups is 1. The van der Waals surface area contributed by atoms with Gasteiger partial charge in [-0.25, -0.2) is 0 Å². The zero-order valence-electron chi connectivity index (χ0n) is 12.4. The fourth-order valence-corrected chi connectivity index (χ4v) is 2.05. The summed E-state index contributed by atoms with van der Waals surface area (Å²) in [5, 5.41) is 17.8. The number of hydrogen-bond acceptors (Lipinski definition) is 5. The van der Waals surface area contributed by atoms with Gasteiger partial charge in [0.05, 0.1) is 25.5 Å². The van der Waals surface area contributed by atoms with Crippen LogP contribution in [0.4, 0.5) is 5.69 Å². The third-order valence-corrected chi connectivity index (χ3v) is 3.09. The van der Waals surface area contributed by atoms with Crippen molar-refractivity contribution < 1.29 is 19.7 Å². The number of hydrogen-bond donors (Lipinski definition) is 3. The van der Waals surface area contributed by atoms with Gasteiger partial charge in [0.15, 0.2) is 0 Å². The summed E-state index contributed by atoms with van der Waals surface area (Å²) in [5.74, 6) is 0.556. The topological polar surface area (TPSA) is 96.0 Å². The van der Waals surface area contributed by atoms with E-state index in [1.54, 1.807) is 12.1 Å². The first-order valence-electron chi connectivity index (χ1n) is 7.13. The van der Waals surface area contributed by atoms with E-state index in [2.05, 4.69) is 0 Å². The minimum atomic E-state index is -0.109. The number of benzene rings is 1. The van der Waals surface area contributed by atoms with E-state index in [1.807, 2.05) is 13.0 Å². The van der Waals surface area contributed by atoms with Gasteiger partial charge in [-0.05, 0) is 31.0 Å². The highest BCUT2D eigenvalue weighted by molar-refractivity contribution is 5.76. The summed E-state index contributed by atoms with van der Waals surface area (Å²) in [4.78, 5) is 13.5. The summed E-state index contributed by atoms with van der Waals surface area (Å²) in [6.07, 6.45) is 0.871. The molecule has 0 bridgehead atoms. The lowest BCUT2D eigenvalue weighted by Crippen LogP contribution is -2.35. The van der Waals surface area contributed by atoms with Crippen LogP contribution in [-0.2, 0) is 11.2 Å². The summed E-state index contributed by atoms with van der Waals surface area (Å²) in [6.45, 7) is 2.71. The summed E-state index contributed by atoms with van der Waals surface area (Å²) >= 11 is 0. The molecule has 1 rings (SSSR count). The Morgan fingerprint density at radius 3 is 2.48 bits per heavy atom. The molecule has 0 atom stereocenters. The Hall–Kier alpha value is -1.79. The lowest BCUT2D eigenvalue weighted by Gasteiger charge is -2.20. The number of nitrogens with zero attached hydrogens (tertiary/aromatic N) is 1. The third kappa shape index (κ3) is 5.61. The number of aryl methyl sites for hydroxylation is 1. The first-order chi connectivity index (χ1) is 10.1. The molecule has 0 aliphatic carbocycles. The molecule has 0 radical (unpaired) electrons. The summed E-state index contributed by atoms with van der Waals surface area (Å²) in [6, 6.07) is 5.50. The summed E-state index contributed by atoms with van der Waals surface area (Å²) in [7, 11) is 0. The van der Waals surface area contributed by atoms with Crippen LogP contribution in [0.25, 0.3) is 0 Å². The number of nitrogens with two attached hydrogens (primary N) is 1. The van der Waals surface area contributed by atoms with Crippen molar-refractivity contribution in [1.82, 2.24) is 4.90 Å². The first-order valence-corrected chi connectivity index (χ1v) is 7.13. The maximum atomic E-state index is 12.0. The van der Waals surface area contributed by atoms with Crippen molar-refractivity contribution in [3.05, 3.63) is 23.8 Å². The second-order valence-electron chi connectivity index (χ2n) is 4.63. The Labute approximate surface area is 125 Å². The molecule has 0 unspecified atom stereocenters. The van der Waals surface area contributed by atoms with Crippen molar-refractivity contribution in [1.29, 1.82) is 0 Å². The average molecular weight is 296 g/mol. The number of nitrogen functional groups attached to an aromatic ring is 1. The van der Waals surface area contributed by atoms with Crippen LogP contribution in [0.1, 0.15) is 18.9 Å². The van der Waals surface area contributed by atoms with E-state index in [4.69, 9.17) is 20.7 Å². The second kappa shape index (κ2) is 9.20. The van der Waals surface area contributed by atoms with E-state index in [0.717, 1.165) is 5.56 Å². The normalized spacial score (nSPS) is 10.4. The SMILES string of the molecule is CCOc1ccc(CCC(=O)N(CCO)CCO)cc1N. The zero-order chi connectivity index (χ0) is 15.7. The van der Waals surface area contributed by atoms with Gasteiger partial charge in [-0.1, -0.05) is 6.07 Å². The van der Waals surface area contributed by atoms with Crippen molar-refractivity contribution >= 4 is 11.6 Å². The van der Waals surface area contributed by atoms with Gasteiger partial charge < -0.3 is 25.6 Å². The molecule has 0 saturated heterocycles. The molecule has 6 nitrogen and oxygen atoms in total. The molecule has 1 aromatic rings. The molecule has 0 aliphatic rings. The molecule has 0 spiro atoms. The summed E-state index contributed by atoms with van der Waals surface area (Å²) in [5.41, 5.74) is 7.40. The number of aliphatic hydroxyl groups is 2. The zero-order valence-corrected chi connectivity index (χ0v) is 12.4. The van der Waals surface area contributed by atoms with Crippen LogP contribution in [-0.4, -0.2) is 53.9 Å². The number of rotatable bonds is 9. The molecule has 21 heavy (non-hydrogen) atoms. The molecule has 0 fully saturated rings. The molecule has 1 amide bonds. The highest BCUT2D eigenvalue weighted by Crippen LogP contribution is 2.23. The molecule has 4 N–H and O–H groups in total. The molecule has 1 aromatic carbocycles. The van der Waals surface area contributed by atoms with Crippen molar-refractivity contribution in [2.75, 3.05) is 38.6 Å². The Morgan fingerprint density at radius 2 is 1.95 bits per heavy atom. The van der Waals surface area contributed by atoms with Gasteiger partial charge in [-0.15, -0.1) is 0 Å². The van der Waals surface area contributed by atoms with Crippen molar-refractivity contribution in [3.8, 4) is 5.75 Å². The van der Waals surface area contributed by atoms with E-state index in [9.17, 15) is 4.79 Å². The third-order valence-electron chi connectivity index (χ3n) is 3.09. The highest BCUT2D eigenvalue weighted by atomic mass is 16.5. The maximum absolute atomic E-state index is 12.0. The molecule has 6 heteroatoms. The molecular weight excluding hydrogens is 272 g/mol. The lowest BCUT2D eigenvalue weighted by molar-refractivity contribution is -0.132. The van der Waals surface area contributed by atoms with Gasteiger partial charge in [0.2, 0.25) is 5.91 Å². The van der Waals surface area contributed by atoms with E-state index in [0.29, 0.717) is 30.9 Å². The van der Waals surface area contributed by atoms with Crippen LogP contribution in [0.3, 0.4) is 0 Å². The number of carbonyl (C=O) groups excluding carboxylic acids is 1. The highest BCUT2D eigenvalue weighted by Gasteiger charge is 2.12. The lowest BCUT2D eigenvalue weighted by atomic mass is 10.1. The quantitative estimate of drug-likeness (QED) is 0.574. The molecule has 0 aromatic heterocycles. The van der Waals surface area contributed by atoms with E-state index >= 15 is 0 Å². The fraction of sp³-hybridized carbons (Fsp3) is 0.533. The van der Waals surface area contributed by atoms with Gasteiger partial charge in [0.1, 0.15) is 5.75 Å². The Kier molecular flexibility index (Phi) is 7.56. The van der Waals surface area contributed by atoms with E-state index in [1.165, 1.54) is 4.90 Å². The van der Waals surface area contributed by atoms with Gasteiger partial charge in [0, 0.05) is 19.5 Å². The monoisotopic (exact) mass is 296 g/mol. The number of amides is 1. The predicted molar refractivity (Wildman–Crippen MR) is 81.1 cm³/mol. The van der Waals surface area contributed by atoms with Crippen molar-refractivity contribution in [3.63, 3.8) is 0 Å². The largest absolute Gasteiger partial charge is 0.492 e. The molecular formula is C15H24N2O4. The van der Waals surface area contributed by atoms with Crippen LogP contribution in [0, 0.1) is 0 Å². The number of aliphatic hydroxyl groups excluding tert-OH is 2. The standard InChI is InChI=1S/C15H24N2O4/c1-2-21-14-5-3-12(11-13(14)16)4-6-15(20)17(7-9-18)8-10-19/h3,5,11,18-19H,2,4,6-10,16H2,1H3. The minimum Gasteiger partial charge on any atom is -0.492 e. The van der Waals surface area contributed by atoms with Gasteiger partial charge in [-0.3, -0.25) is 4.79 Å². The number of anilines is 1. The van der Waals surface area contributed by atoms with Crippen molar-refractivity contribution in [2.24, 2.45) is 0 Å². The van der Waals surface area contributed by atoms with Gasteiger partial charge >= 0.3 is 0 Å². The minimum absolute atomic E-state index is 0.0921. The molecule has 0 heterocycles.